The number of hydrogen-bond acceptors (Lipinski definition) is 4. The van der Waals surface area contributed by atoms with Gasteiger partial charge in [-0.15, -0.1) is 0 Å². The summed E-state index contributed by atoms with van der Waals surface area (Å²) in [5, 5.41) is 3.18. The van der Waals surface area contributed by atoms with Crippen LogP contribution in [0.15, 0.2) is 12.4 Å². The molecule has 2 rings (SSSR count). The van der Waals surface area contributed by atoms with Gasteiger partial charge in [0.25, 0.3) is 0 Å². The Bertz CT molecular complexity index is 343. The molecule has 6 heteroatoms. The fourth-order valence-electron chi connectivity index (χ4n) is 1.35. The highest BCUT2D eigenvalue weighted by Gasteiger charge is 2.21. The van der Waals surface area contributed by atoms with E-state index in [4.69, 9.17) is 0 Å². The lowest BCUT2D eigenvalue weighted by Gasteiger charge is -2.09. The molecule has 0 spiro atoms. The molecule has 1 aliphatic heterocycles. The molecule has 0 aliphatic carbocycles. The van der Waals surface area contributed by atoms with Gasteiger partial charge in [-0.2, -0.15) is 0 Å². The van der Waals surface area contributed by atoms with Crippen LogP contribution in [0.25, 0.3) is 0 Å². The normalized spacial score (nSPS) is 26.4. The van der Waals surface area contributed by atoms with Crippen molar-refractivity contribution in [1.82, 2.24) is 9.97 Å². The van der Waals surface area contributed by atoms with Gasteiger partial charge in [0.2, 0.25) is 5.95 Å². The minimum Gasteiger partial charge on any atom is -0.351 e. The van der Waals surface area contributed by atoms with Crippen LogP contribution in [0.3, 0.4) is 0 Å². The van der Waals surface area contributed by atoms with Crippen LogP contribution in [0.2, 0.25) is 0 Å². The Kier molecular flexibility index (Phi) is 3.32. The third-order valence-corrected chi connectivity index (χ3v) is 4.06. The first kappa shape index (κ1) is 10.3. The van der Waals surface area contributed by atoms with E-state index in [-0.39, 0.29) is 6.04 Å². The van der Waals surface area contributed by atoms with Gasteiger partial charge in [0, 0.05) is 44.3 Å². The van der Waals surface area contributed by atoms with Crippen molar-refractivity contribution in [3.05, 3.63) is 16.0 Å². The first-order valence-electron chi connectivity index (χ1n) is 4.33. The average molecular weight is 323 g/mol. The van der Waals surface area contributed by atoms with Crippen LogP contribution in [-0.2, 0) is 10.8 Å². The molecule has 14 heavy (non-hydrogen) atoms. The summed E-state index contributed by atoms with van der Waals surface area (Å²) in [5.74, 6) is 2.14. The van der Waals surface area contributed by atoms with Gasteiger partial charge in [0.15, 0.2) is 0 Å². The van der Waals surface area contributed by atoms with E-state index < -0.39 is 10.8 Å². The number of nitrogens with zero attached hydrogens (tertiary/aromatic N) is 2. The van der Waals surface area contributed by atoms with Gasteiger partial charge in [-0.3, -0.25) is 4.21 Å². The lowest BCUT2D eigenvalue weighted by atomic mass is 10.3. The zero-order valence-electron chi connectivity index (χ0n) is 7.44. The third-order valence-electron chi connectivity index (χ3n) is 2.03. The van der Waals surface area contributed by atoms with Crippen molar-refractivity contribution in [3.8, 4) is 0 Å². The summed E-state index contributed by atoms with van der Waals surface area (Å²) in [6, 6.07) is 0.274. The summed E-state index contributed by atoms with van der Waals surface area (Å²) in [5.41, 5.74) is 0. The Hall–Kier alpha value is -0.240. The third kappa shape index (κ3) is 2.63. The number of rotatable bonds is 2. The molecular weight excluding hydrogens is 313 g/mol. The number of halogens is 1. The van der Waals surface area contributed by atoms with Gasteiger partial charge in [-0.1, -0.05) is 0 Å². The van der Waals surface area contributed by atoms with E-state index in [1.54, 1.807) is 12.4 Å². The average Bonchev–Trinajstić information content (AvgIpc) is 2.56. The maximum Gasteiger partial charge on any atom is 0.222 e. The molecule has 1 aromatic heterocycles. The molecule has 1 fully saturated rings. The van der Waals surface area contributed by atoms with Gasteiger partial charge in [-0.25, -0.2) is 9.97 Å². The standard InChI is InChI=1S/C8H10IN3OS/c9-6-3-10-8(11-4-6)12-7-1-2-14(13)5-7/h3-4,7H,1-2,5H2,(H,10,11,12). The van der Waals surface area contributed by atoms with Gasteiger partial charge < -0.3 is 5.32 Å². The van der Waals surface area contributed by atoms with Crippen LogP contribution >= 0.6 is 22.6 Å². The summed E-state index contributed by atoms with van der Waals surface area (Å²) in [4.78, 5) is 8.28. The minimum absolute atomic E-state index is 0.274. The van der Waals surface area contributed by atoms with Crippen molar-refractivity contribution in [1.29, 1.82) is 0 Å². The van der Waals surface area contributed by atoms with E-state index in [0.717, 1.165) is 21.5 Å². The molecule has 0 aromatic carbocycles. The number of hydrogen-bond donors (Lipinski definition) is 1. The first-order chi connectivity index (χ1) is 6.74. The first-order valence-corrected chi connectivity index (χ1v) is 6.90. The van der Waals surface area contributed by atoms with Crippen molar-refractivity contribution >= 4 is 39.3 Å². The maximum atomic E-state index is 11.1. The Balaban J connectivity index is 1.97. The molecule has 1 saturated heterocycles. The lowest BCUT2D eigenvalue weighted by molar-refractivity contribution is 0.686. The molecule has 4 nitrogen and oxygen atoms in total. The van der Waals surface area contributed by atoms with Crippen LogP contribution < -0.4 is 5.32 Å². The monoisotopic (exact) mass is 323 g/mol. The fourth-order valence-corrected chi connectivity index (χ4v) is 3.04. The molecule has 1 aliphatic rings. The van der Waals surface area contributed by atoms with Crippen molar-refractivity contribution in [2.75, 3.05) is 16.8 Å². The molecule has 2 heterocycles. The molecule has 0 saturated carbocycles. The Morgan fingerprint density at radius 3 is 2.79 bits per heavy atom. The van der Waals surface area contributed by atoms with Gasteiger partial charge in [0.1, 0.15) is 0 Å². The number of nitrogens with one attached hydrogen (secondary N) is 1. The second-order valence-corrected chi connectivity index (χ2v) is 6.03. The molecule has 1 N–H and O–H groups in total. The summed E-state index contributed by atoms with van der Waals surface area (Å²) >= 11 is 2.16. The van der Waals surface area contributed by atoms with Crippen LogP contribution in [-0.4, -0.2) is 31.7 Å². The highest BCUT2D eigenvalue weighted by Crippen LogP contribution is 2.12. The Morgan fingerprint density at radius 2 is 2.21 bits per heavy atom. The molecule has 2 unspecified atom stereocenters. The zero-order valence-corrected chi connectivity index (χ0v) is 10.4. The predicted molar refractivity (Wildman–Crippen MR) is 64.7 cm³/mol. The van der Waals surface area contributed by atoms with Crippen LogP contribution in [0, 0.1) is 3.57 Å². The van der Waals surface area contributed by atoms with Crippen molar-refractivity contribution in [2.24, 2.45) is 0 Å². The summed E-state index contributed by atoms with van der Waals surface area (Å²) in [6.07, 6.45) is 4.48. The van der Waals surface area contributed by atoms with E-state index in [2.05, 4.69) is 37.9 Å². The van der Waals surface area contributed by atoms with Gasteiger partial charge in [-0.05, 0) is 29.0 Å². The Morgan fingerprint density at radius 1 is 1.50 bits per heavy atom. The minimum atomic E-state index is -0.650. The fraction of sp³-hybridized carbons (Fsp3) is 0.500. The predicted octanol–water partition coefficient (Wildman–Crippen LogP) is 1.01. The lowest BCUT2D eigenvalue weighted by Crippen LogP contribution is -2.20. The van der Waals surface area contributed by atoms with Crippen molar-refractivity contribution < 1.29 is 4.21 Å². The number of anilines is 1. The molecule has 0 amide bonds. The largest absolute Gasteiger partial charge is 0.351 e. The van der Waals surface area contributed by atoms with E-state index in [1.807, 2.05) is 0 Å². The van der Waals surface area contributed by atoms with Crippen molar-refractivity contribution in [3.63, 3.8) is 0 Å². The van der Waals surface area contributed by atoms with Crippen molar-refractivity contribution in [2.45, 2.75) is 12.5 Å². The van der Waals surface area contributed by atoms with Crippen LogP contribution in [0.4, 0.5) is 5.95 Å². The second kappa shape index (κ2) is 4.52. The van der Waals surface area contributed by atoms with E-state index >= 15 is 0 Å². The molecule has 2 atom stereocenters. The molecule has 0 radical (unpaired) electrons. The molecular formula is C8H10IN3OS. The highest BCUT2D eigenvalue weighted by molar-refractivity contribution is 14.1. The summed E-state index contributed by atoms with van der Waals surface area (Å²) in [6.45, 7) is 0. The smallest absolute Gasteiger partial charge is 0.222 e. The maximum absolute atomic E-state index is 11.1. The SMILES string of the molecule is O=S1CCC(Nc2ncc(I)cn2)C1. The Labute approximate surface area is 98.5 Å². The van der Waals surface area contributed by atoms with Crippen LogP contribution in [0.1, 0.15) is 6.42 Å². The quantitative estimate of drug-likeness (QED) is 0.826. The molecule has 0 bridgehead atoms. The van der Waals surface area contributed by atoms with Gasteiger partial charge in [0.05, 0.1) is 0 Å². The van der Waals surface area contributed by atoms with Crippen LogP contribution in [0.5, 0.6) is 0 Å². The topological polar surface area (TPSA) is 54.9 Å². The highest BCUT2D eigenvalue weighted by atomic mass is 127. The van der Waals surface area contributed by atoms with E-state index in [0.29, 0.717) is 5.95 Å². The molecule has 1 aromatic rings. The van der Waals surface area contributed by atoms with E-state index in [9.17, 15) is 4.21 Å². The number of aromatic nitrogens is 2. The zero-order chi connectivity index (χ0) is 9.97. The summed E-state index contributed by atoms with van der Waals surface area (Å²) < 4.78 is 12.1. The second-order valence-electron chi connectivity index (χ2n) is 3.17. The molecule has 76 valence electrons. The summed E-state index contributed by atoms with van der Waals surface area (Å²) in [7, 11) is -0.650. The van der Waals surface area contributed by atoms with E-state index in [1.165, 1.54) is 0 Å². The van der Waals surface area contributed by atoms with Gasteiger partial charge >= 0.3 is 0 Å².